The third kappa shape index (κ3) is 4.43. The van der Waals surface area contributed by atoms with Crippen molar-refractivity contribution in [1.82, 2.24) is 4.98 Å². The van der Waals surface area contributed by atoms with Crippen LogP contribution < -0.4 is 5.32 Å². The number of rotatable bonds is 4. The summed E-state index contributed by atoms with van der Waals surface area (Å²) in [6, 6.07) is 2.51. The van der Waals surface area contributed by atoms with Gasteiger partial charge in [-0.1, -0.05) is 13.3 Å². The monoisotopic (exact) mass is 320 g/mol. The Morgan fingerprint density at radius 1 is 1.38 bits per heavy atom. The molecule has 0 saturated heterocycles. The van der Waals surface area contributed by atoms with Gasteiger partial charge in [0.1, 0.15) is 5.82 Å². The summed E-state index contributed by atoms with van der Waals surface area (Å²) in [6.45, 7) is 1.91. The van der Waals surface area contributed by atoms with E-state index >= 15 is 0 Å². The maximum atomic E-state index is 12.5. The number of hydrogen-bond donors (Lipinski definition) is 1. The summed E-state index contributed by atoms with van der Waals surface area (Å²) in [7, 11) is -0.817. The molecule has 21 heavy (non-hydrogen) atoms. The molecule has 1 saturated carbocycles. The van der Waals surface area contributed by atoms with Gasteiger partial charge in [-0.25, -0.2) is 4.98 Å². The first-order valence-corrected chi connectivity index (χ1v) is 8.45. The number of nitrogens with zero attached hydrogens (tertiary/aromatic N) is 1. The molecule has 0 radical (unpaired) electrons. The Morgan fingerprint density at radius 2 is 2.14 bits per heavy atom. The number of hydrogen-bond acceptors (Lipinski definition) is 3. The van der Waals surface area contributed by atoms with E-state index in [1.54, 1.807) is 0 Å². The van der Waals surface area contributed by atoms with E-state index in [1.807, 2.05) is 6.92 Å². The average Bonchev–Trinajstić information content (AvgIpc) is 2.46. The Morgan fingerprint density at radius 3 is 2.71 bits per heavy atom. The Kier molecular flexibility index (Phi) is 5.24. The van der Waals surface area contributed by atoms with Crippen LogP contribution in [-0.4, -0.2) is 26.2 Å². The zero-order valence-corrected chi connectivity index (χ0v) is 12.6. The quantitative estimate of drug-likeness (QED) is 0.922. The summed E-state index contributed by atoms with van der Waals surface area (Å²) in [5.41, 5.74) is -0.748. The van der Waals surface area contributed by atoms with Crippen molar-refractivity contribution in [2.24, 2.45) is 0 Å². The van der Waals surface area contributed by atoms with Crippen molar-refractivity contribution in [3.63, 3.8) is 0 Å². The van der Waals surface area contributed by atoms with Gasteiger partial charge in [0.25, 0.3) is 0 Å². The van der Waals surface area contributed by atoms with Crippen LogP contribution >= 0.6 is 0 Å². The van der Waals surface area contributed by atoms with Crippen molar-refractivity contribution in [3.8, 4) is 0 Å². The van der Waals surface area contributed by atoms with E-state index in [-0.39, 0.29) is 11.3 Å². The molecule has 0 spiro atoms. The van der Waals surface area contributed by atoms with E-state index in [1.165, 1.54) is 6.07 Å². The molecule has 1 N–H and O–H groups in total. The van der Waals surface area contributed by atoms with Gasteiger partial charge >= 0.3 is 6.18 Å². The summed E-state index contributed by atoms with van der Waals surface area (Å²) in [6.07, 6.45) is 0.128. The van der Waals surface area contributed by atoms with Crippen LogP contribution in [0.25, 0.3) is 0 Å². The van der Waals surface area contributed by atoms with Gasteiger partial charge in [0.05, 0.1) is 5.56 Å². The standard InChI is InChI=1S/C14H19F3N2OS/c1-2-21(20)12-5-3-4-11(8-12)19-13-7-6-10(9-18-13)14(15,16)17/h6-7,9,11-12H,2-5,8H2,1H3,(H,18,19). The molecule has 0 amide bonds. The van der Waals surface area contributed by atoms with Gasteiger partial charge in [-0.3, -0.25) is 4.21 Å². The Hall–Kier alpha value is -1.11. The van der Waals surface area contributed by atoms with E-state index in [0.717, 1.165) is 37.9 Å². The molecular weight excluding hydrogens is 301 g/mol. The van der Waals surface area contributed by atoms with E-state index < -0.39 is 22.5 Å². The summed E-state index contributed by atoms with van der Waals surface area (Å²) >= 11 is 0. The smallest absolute Gasteiger partial charge is 0.367 e. The van der Waals surface area contributed by atoms with E-state index in [9.17, 15) is 17.4 Å². The third-order valence-corrected chi connectivity index (χ3v) is 5.47. The summed E-state index contributed by atoms with van der Waals surface area (Å²) in [5.74, 6) is 1.09. The average molecular weight is 320 g/mol. The number of aromatic nitrogens is 1. The molecule has 118 valence electrons. The Bertz CT molecular complexity index is 490. The Labute approximate surface area is 124 Å². The lowest BCUT2D eigenvalue weighted by Crippen LogP contribution is -2.33. The van der Waals surface area contributed by atoms with Crippen molar-refractivity contribution >= 4 is 16.6 Å². The molecule has 1 aliphatic carbocycles. The van der Waals surface area contributed by atoms with Crippen molar-refractivity contribution in [2.75, 3.05) is 11.1 Å². The normalized spacial score (nSPS) is 24.6. The number of nitrogens with one attached hydrogen (secondary N) is 1. The first-order valence-electron chi connectivity index (χ1n) is 7.07. The minimum absolute atomic E-state index is 0.128. The lowest BCUT2D eigenvalue weighted by Gasteiger charge is -2.29. The molecule has 7 heteroatoms. The van der Waals surface area contributed by atoms with Crippen LogP contribution in [0.4, 0.5) is 19.0 Å². The highest BCUT2D eigenvalue weighted by Crippen LogP contribution is 2.30. The van der Waals surface area contributed by atoms with Crippen molar-refractivity contribution in [1.29, 1.82) is 0 Å². The van der Waals surface area contributed by atoms with Crippen molar-refractivity contribution in [2.45, 2.75) is 50.1 Å². The first kappa shape index (κ1) is 16.3. The van der Waals surface area contributed by atoms with Crippen LogP contribution in [0.1, 0.15) is 38.2 Å². The lowest BCUT2D eigenvalue weighted by molar-refractivity contribution is -0.137. The molecule has 2 rings (SSSR count). The van der Waals surface area contributed by atoms with Gasteiger partial charge in [-0.05, 0) is 31.4 Å². The summed E-state index contributed by atoms with van der Waals surface area (Å²) in [5, 5.41) is 3.33. The summed E-state index contributed by atoms with van der Waals surface area (Å²) < 4.78 is 49.3. The predicted molar refractivity (Wildman–Crippen MR) is 77.6 cm³/mol. The third-order valence-electron chi connectivity index (χ3n) is 3.73. The van der Waals surface area contributed by atoms with E-state index in [4.69, 9.17) is 0 Å². The van der Waals surface area contributed by atoms with Crippen LogP contribution in [-0.2, 0) is 17.0 Å². The largest absolute Gasteiger partial charge is 0.417 e. The van der Waals surface area contributed by atoms with Crippen LogP contribution in [0.5, 0.6) is 0 Å². The molecule has 1 aliphatic rings. The van der Waals surface area contributed by atoms with Crippen LogP contribution in [0.15, 0.2) is 18.3 Å². The molecule has 1 fully saturated rings. The molecule has 3 unspecified atom stereocenters. The fourth-order valence-electron chi connectivity index (χ4n) is 2.61. The minimum Gasteiger partial charge on any atom is -0.367 e. The van der Waals surface area contributed by atoms with Gasteiger partial charge in [-0.2, -0.15) is 13.2 Å². The summed E-state index contributed by atoms with van der Waals surface area (Å²) in [4.78, 5) is 3.82. The second-order valence-corrected chi connectivity index (χ2v) is 7.23. The number of anilines is 1. The lowest BCUT2D eigenvalue weighted by atomic mass is 9.95. The molecule has 3 nitrogen and oxygen atoms in total. The maximum absolute atomic E-state index is 12.5. The van der Waals surface area contributed by atoms with Gasteiger partial charge in [0, 0.05) is 34.0 Å². The molecule has 0 aromatic carbocycles. The fourth-order valence-corrected chi connectivity index (χ4v) is 3.95. The zero-order chi connectivity index (χ0) is 15.5. The Balaban J connectivity index is 1.96. The number of halogens is 3. The van der Waals surface area contributed by atoms with Gasteiger partial charge < -0.3 is 5.32 Å². The molecular formula is C14H19F3N2OS. The van der Waals surface area contributed by atoms with E-state index in [0.29, 0.717) is 11.6 Å². The fraction of sp³-hybridized carbons (Fsp3) is 0.643. The van der Waals surface area contributed by atoms with Crippen LogP contribution in [0.3, 0.4) is 0 Å². The van der Waals surface area contributed by atoms with E-state index in [2.05, 4.69) is 10.3 Å². The molecule has 3 atom stereocenters. The highest BCUT2D eigenvalue weighted by Gasteiger charge is 2.31. The predicted octanol–water partition coefficient (Wildman–Crippen LogP) is 3.59. The highest BCUT2D eigenvalue weighted by molar-refractivity contribution is 7.85. The van der Waals surface area contributed by atoms with Gasteiger partial charge in [-0.15, -0.1) is 0 Å². The minimum atomic E-state index is -4.36. The van der Waals surface area contributed by atoms with Crippen LogP contribution in [0, 0.1) is 0 Å². The van der Waals surface area contributed by atoms with Gasteiger partial charge in [0.15, 0.2) is 0 Å². The SMILES string of the molecule is CCS(=O)C1CCCC(Nc2ccc(C(F)(F)F)cn2)C1. The second-order valence-electron chi connectivity index (χ2n) is 5.23. The zero-order valence-electron chi connectivity index (χ0n) is 11.8. The van der Waals surface area contributed by atoms with Crippen molar-refractivity contribution < 1.29 is 17.4 Å². The number of alkyl halides is 3. The van der Waals surface area contributed by atoms with Gasteiger partial charge in [0.2, 0.25) is 0 Å². The highest BCUT2D eigenvalue weighted by atomic mass is 32.2. The van der Waals surface area contributed by atoms with Crippen LogP contribution in [0.2, 0.25) is 0 Å². The maximum Gasteiger partial charge on any atom is 0.417 e. The number of pyridine rings is 1. The second kappa shape index (κ2) is 6.77. The van der Waals surface area contributed by atoms with Crippen molar-refractivity contribution in [3.05, 3.63) is 23.9 Å². The topological polar surface area (TPSA) is 42.0 Å². The first-order chi connectivity index (χ1) is 9.90. The molecule has 0 aliphatic heterocycles. The molecule has 1 aromatic rings. The molecule has 0 bridgehead atoms. The molecule has 1 heterocycles. The molecule has 1 aromatic heterocycles.